The first-order chi connectivity index (χ1) is 12.3. The maximum Gasteiger partial charge on any atom is 0.343 e. The number of aromatic nitrogens is 1. The number of hydrogen-bond acceptors (Lipinski definition) is 4. The quantitative estimate of drug-likeness (QED) is 0.870. The average Bonchev–Trinajstić information content (AvgIpc) is 3.13. The fourth-order valence-electron chi connectivity index (χ4n) is 3.86. The Morgan fingerprint density at radius 1 is 1.38 bits per heavy atom. The summed E-state index contributed by atoms with van der Waals surface area (Å²) in [7, 11) is 0. The van der Waals surface area contributed by atoms with E-state index in [-0.39, 0.29) is 29.2 Å². The summed E-state index contributed by atoms with van der Waals surface area (Å²) >= 11 is 0. The maximum absolute atomic E-state index is 14.0. The molecule has 0 bridgehead atoms. The smallest absolute Gasteiger partial charge is 0.343 e. The topological polar surface area (TPSA) is 88.6 Å². The van der Waals surface area contributed by atoms with Crippen molar-refractivity contribution >= 4 is 22.7 Å². The molecule has 2 aromatic rings. The number of pyridine rings is 1. The number of carboxylic acid groups (broad SMARTS) is 1. The van der Waals surface area contributed by atoms with Crippen molar-refractivity contribution in [2.24, 2.45) is 5.73 Å². The molecule has 3 N–H and O–H groups in total. The van der Waals surface area contributed by atoms with Gasteiger partial charge in [-0.05, 0) is 31.0 Å². The summed E-state index contributed by atoms with van der Waals surface area (Å²) in [5.41, 5.74) is 5.20. The lowest BCUT2D eigenvalue weighted by Gasteiger charge is -2.27. The fraction of sp³-hybridized carbons (Fsp3) is 0.444. The molecule has 8 heteroatoms. The second kappa shape index (κ2) is 5.77. The number of carboxylic acids is 1. The van der Waals surface area contributed by atoms with Gasteiger partial charge in [0, 0.05) is 25.6 Å². The second-order valence-corrected chi connectivity index (χ2v) is 7.08. The molecule has 6 nitrogen and oxygen atoms in total. The van der Waals surface area contributed by atoms with Gasteiger partial charge >= 0.3 is 5.97 Å². The highest BCUT2D eigenvalue weighted by atomic mass is 19.1. The molecule has 0 amide bonds. The monoisotopic (exact) mass is 363 g/mol. The summed E-state index contributed by atoms with van der Waals surface area (Å²) < 4.78 is 29.6. The number of alkyl halides is 1. The molecule has 1 saturated heterocycles. The molecule has 1 saturated carbocycles. The number of aryl methyl sites for hydroxylation is 1. The summed E-state index contributed by atoms with van der Waals surface area (Å²) in [5, 5.41) is 9.72. The number of fused-ring (bicyclic) bond motifs is 1. The van der Waals surface area contributed by atoms with E-state index in [4.69, 9.17) is 5.73 Å². The van der Waals surface area contributed by atoms with E-state index >= 15 is 0 Å². The number of nitrogens with two attached hydrogens (primary N) is 1. The third kappa shape index (κ3) is 2.39. The molecule has 26 heavy (non-hydrogen) atoms. The van der Waals surface area contributed by atoms with Gasteiger partial charge in [-0.1, -0.05) is 0 Å². The molecule has 1 aliphatic carbocycles. The lowest BCUT2D eigenvalue weighted by molar-refractivity contribution is 0.0695. The number of halogens is 2. The van der Waals surface area contributed by atoms with Crippen molar-refractivity contribution in [1.82, 2.24) is 4.57 Å². The van der Waals surface area contributed by atoms with E-state index in [9.17, 15) is 23.5 Å². The molecule has 2 aliphatic rings. The highest BCUT2D eigenvalue weighted by molar-refractivity contribution is 5.99. The predicted molar refractivity (Wildman–Crippen MR) is 93.2 cm³/mol. The number of nitrogens with zero attached hydrogens (tertiary/aromatic N) is 2. The van der Waals surface area contributed by atoms with Crippen LogP contribution in [0.5, 0.6) is 0 Å². The van der Waals surface area contributed by atoms with Crippen molar-refractivity contribution in [3.63, 3.8) is 0 Å². The zero-order valence-corrected chi connectivity index (χ0v) is 14.2. The Morgan fingerprint density at radius 2 is 2.08 bits per heavy atom. The number of hydrogen-bond donors (Lipinski definition) is 2. The van der Waals surface area contributed by atoms with Crippen LogP contribution in [0.2, 0.25) is 0 Å². The minimum atomic E-state index is -1.40. The van der Waals surface area contributed by atoms with Crippen molar-refractivity contribution in [2.75, 3.05) is 18.0 Å². The van der Waals surface area contributed by atoms with Crippen LogP contribution < -0.4 is 16.1 Å². The summed E-state index contributed by atoms with van der Waals surface area (Å²) in [4.78, 5) is 26.6. The third-order valence-corrected chi connectivity index (χ3v) is 5.29. The van der Waals surface area contributed by atoms with Gasteiger partial charge in [-0.2, -0.15) is 0 Å². The fourth-order valence-corrected chi connectivity index (χ4v) is 3.86. The molecule has 1 aliphatic heterocycles. The van der Waals surface area contributed by atoms with Gasteiger partial charge in [0.1, 0.15) is 23.4 Å². The molecule has 0 radical (unpaired) electrons. The van der Waals surface area contributed by atoms with E-state index in [1.165, 1.54) is 19.1 Å². The molecular weight excluding hydrogens is 344 g/mol. The van der Waals surface area contributed by atoms with Crippen LogP contribution in [-0.2, 0) is 0 Å². The molecule has 1 aromatic carbocycles. The maximum atomic E-state index is 14.0. The molecule has 138 valence electrons. The molecule has 2 fully saturated rings. The zero-order chi connectivity index (χ0) is 18.7. The van der Waals surface area contributed by atoms with Crippen LogP contribution in [0.4, 0.5) is 14.6 Å². The normalized spacial score (nSPS) is 25.1. The number of aromatic carboxylic acids is 1. The van der Waals surface area contributed by atoms with Crippen LogP contribution in [0, 0.1) is 12.7 Å². The first kappa shape index (κ1) is 17.0. The van der Waals surface area contributed by atoms with Gasteiger partial charge in [0.15, 0.2) is 0 Å². The Morgan fingerprint density at radius 3 is 2.62 bits per heavy atom. The van der Waals surface area contributed by atoms with Crippen LogP contribution in [-0.4, -0.2) is 40.9 Å². The number of carbonyl (C=O) groups is 1. The van der Waals surface area contributed by atoms with Gasteiger partial charge < -0.3 is 20.3 Å². The first-order valence-electron chi connectivity index (χ1n) is 8.56. The van der Waals surface area contributed by atoms with Gasteiger partial charge in [-0.25, -0.2) is 13.6 Å². The number of benzene rings is 1. The van der Waals surface area contributed by atoms with Gasteiger partial charge in [0.2, 0.25) is 5.43 Å². The van der Waals surface area contributed by atoms with E-state index in [1.807, 2.05) is 0 Å². The van der Waals surface area contributed by atoms with Crippen LogP contribution in [0.25, 0.3) is 10.9 Å². The lowest BCUT2D eigenvalue weighted by Crippen LogP contribution is -2.33. The molecular formula is C18H19F2N3O3. The van der Waals surface area contributed by atoms with Crippen molar-refractivity contribution in [3.05, 3.63) is 39.3 Å². The Bertz CT molecular complexity index is 988. The minimum absolute atomic E-state index is 0.00579. The van der Waals surface area contributed by atoms with Gasteiger partial charge in [-0.15, -0.1) is 0 Å². The lowest BCUT2D eigenvalue weighted by atomic mass is 10.0. The van der Waals surface area contributed by atoms with E-state index < -0.39 is 35.0 Å². The molecule has 3 atom stereocenters. The highest BCUT2D eigenvalue weighted by Crippen LogP contribution is 2.45. The SMILES string of the molecule is Cc1c(F)ccc2c1c(=O)c(C(=O)O)c(N1CC[C@H](N)C1)n2[C@@H]1C[C@@H]1F. The van der Waals surface area contributed by atoms with Crippen molar-refractivity contribution in [1.29, 1.82) is 0 Å². The Labute approximate surface area is 147 Å². The van der Waals surface area contributed by atoms with Gasteiger partial charge in [0.25, 0.3) is 0 Å². The van der Waals surface area contributed by atoms with Crippen LogP contribution >= 0.6 is 0 Å². The van der Waals surface area contributed by atoms with Crippen molar-refractivity contribution in [2.45, 2.75) is 38.0 Å². The molecule has 4 rings (SSSR count). The summed E-state index contributed by atoms with van der Waals surface area (Å²) in [6.45, 7) is 2.30. The second-order valence-electron chi connectivity index (χ2n) is 7.08. The molecule has 2 heterocycles. The van der Waals surface area contributed by atoms with Crippen LogP contribution in [0.1, 0.15) is 34.8 Å². The minimum Gasteiger partial charge on any atom is -0.477 e. The summed E-state index contributed by atoms with van der Waals surface area (Å²) in [6.07, 6.45) is -0.236. The predicted octanol–water partition coefficient (Wildman–Crippen LogP) is 1.97. The Kier molecular flexibility index (Phi) is 3.76. The van der Waals surface area contributed by atoms with E-state index in [0.717, 1.165) is 0 Å². The Balaban J connectivity index is 2.14. The standard InChI is InChI=1S/C18H19F2N3O3/c1-8-10(19)2-3-12-14(8)16(24)15(18(25)26)17(22-5-4-9(21)7-22)23(12)13-6-11(13)20/h2-3,9,11,13H,4-7,21H2,1H3,(H,25,26)/t9-,11-,13+/m0/s1. The van der Waals surface area contributed by atoms with Crippen molar-refractivity contribution in [3.8, 4) is 0 Å². The van der Waals surface area contributed by atoms with E-state index in [0.29, 0.717) is 25.0 Å². The number of rotatable bonds is 3. The number of anilines is 1. The average molecular weight is 363 g/mol. The van der Waals surface area contributed by atoms with Crippen LogP contribution in [0.3, 0.4) is 0 Å². The highest BCUT2D eigenvalue weighted by Gasteiger charge is 2.43. The van der Waals surface area contributed by atoms with E-state index in [1.54, 1.807) is 9.47 Å². The largest absolute Gasteiger partial charge is 0.477 e. The third-order valence-electron chi connectivity index (χ3n) is 5.29. The van der Waals surface area contributed by atoms with E-state index in [2.05, 4.69) is 0 Å². The zero-order valence-electron chi connectivity index (χ0n) is 14.2. The Hall–Kier alpha value is -2.48. The van der Waals surface area contributed by atoms with Gasteiger partial charge in [-0.3, -0.25) is 4.79 Å². The first-order valence-corrected chi connectivity index (χ1v) is 8.56. The molecule has 0 spiro atoms. The van der Waals surface area contributed by atoms with Gasteiger partial charge in [0.05, 0.1) is 16.9 Å². The summed E-state index contributed by atoms with van der Waals surface area (Å²) in [5.74, 6) is -1.82. The molecule has 0 unspecified atom stereocenters. The van der Waals surface area contributed by atoms with Crippen molar-refractivity contribution < 1.29 is 18.7 Å². The van der Waals surface area contributed by atoms with Crippen LogP contribution in [0.15, 0.2) is 16.9 Å². The molecule has 1 aromatic heterocycles. The summed E-state index contributed by atoms with van der Waals surface area (Å²) in [6, 6.07) is 1.94.